The van der Waals surface area contributed by atoms with Crippen LogP contribution in [0.5, 0.6) is 0 Å². The second kappa shape index (κ2) is 5.88. The summed E-state index contributed by atoms with van der Waals surface area (Å²) < 4.78 is 5.98. The van der Waals surface area contributed by atoms with E-state index in [1.807, 2.05) is 18.2 Å². The first kappa shape index (κ1) is 16.4. The van der Waals surface area contributed by atoms with E-state index < -0.39 is 0 Å². The molecule has 1 saturated carbocycles. The SMILES string of the molecule is O=C(CN1CC2(CC2)c2cc(Br)ccc2C1=O)Nc1ccc2cnoc2n1. The fraction of sp³-hybridized carbons (Fsp3) is 0.263. The zero-order valence-electron chi connectivity index (χ0n) is 14.2. The maximum atomic E-state index is 12.9. The van der Waals surface area contributed by atoms with Gasteiger partial charge in [0, 0.05) is 22.0 Å². The Morgan fingerprint density at radius 3 is 2.96 bits per heavy atom. The van der Waals surface area contributed by atoms with Gasteiger partial charge in [0.2, 0.25) is 5.91 Å². The number of pyridine rings is 1. The van der Waals surface area contributed by atoms with E-state index in [2.05, 4.69) is 31.4 Å². The zero-order valence-corrected chi connectivity index (χ0v) is 15.8. The normalized spacial score (nSPS) is 17.2. The summed E-state index contributed by atoms with van der Waals surface area (Å²) in [5, 5.41) is 7.16. The van der Waals surface area contributed by atoms with Gasteiger partial charge in [0.1, 0.15) is 12.4 Å². The van der Waals surface area contributed by atoms with Gasteiger partial charge in [-0.3, -0.25) is 9.59 Å². The van der Waals surface area contributed by atoms with Crippen molar-refractivity contribution in [3.05, 3.63) is 52.1 Å². The van der Waals surface area contributed by atoms with Gasteiger partial charge in [0.25, 0.3) is 11.6 Å². The van der Waals surface area contributed by atoms with E-state index in [9.17, 15) is 9.59 Å². The van der Waals surface area contributed by atoms with Crippen LogP contribution in [-0.4, -0.2) is 39.9 Å². The topological polar surface area (TPSA) is 88.3 Å². The molecule has 5 rings (SSSR count). The van der Waals surface area contributed by atoms with Crippen LogP contribution < -0.4 is 5.32 Å². The Morgan fingerprint density at radius 2 is 2.15 bits per heavy atom. The molecule has 7 nitrogen and oxygen atoms in total. The number of rotatable bonds is 3. The number of benzene rings is 1. The number of anilines is 1. The smallest absolute Gasteiger partial charge is 0.259 e. The molecule has 0 atom stereocenters. The lowest BCUT2D eigenvalue weighted by Gasteiger charge is -2.34. The van der Waals surface area contributed by atoms with E-state index in [1.165, 1.54) is 0 Å². The van der Waals surface area contributed by atoms with Gasteiger partial charge in [-0.1, -0.05) is 21.1 Å². The van der Waals surface area contributed by atoms with Crippen LogP contribution in [0.3, 0.4) is 0 Å². The van der Waals surface area contributed by atoms with Crippen LogP contribution in [-0.2, 0) is 10.2 Å². The zero-order chi connectivity index (χ0) is 18.6. The minimum atomic E-state index is -0.286. The molecular formula is C19H15BrN4O3. The van der Waals surface area contributed by atoms with Gasteiger partial charge < -0.3 is 14.7 Å². The highest BCUT2D eigenvalue weighted by Gasteiger charge is 2.51. The summed E-state index contributed by atoms with van der Waals surface area (Å²) in [5.41, 5.74) is 2.13. The molecular weight excluding hydrogens is 412 g/mol. The molecule has 2 aliphatic rings. The number of hydrogen-bond acceptors (Lipinski definition) is 5. The number of carbonyl (C=O) groups is 2. The molecule has 2 amide bonds. The third-order valence-electron chi connectivity index (χ3n) is 5.24. The Balaban J connectivity index is 1.35. The van der Waals surface area contributed by atoms with Crippen molar-refractivity contribution in [2.24, 2.45) is 0 Å². The standard InChI is InChI=1S/C19H15BrN4O3/c20-12-2-3-13-14(7-12)19(5-6-19)10-24(18(13)26)9-16(25)22-15-4-1-11-8-21-27-17(11)23-15/h1-4,7-8H,5-6,9-10H2,(H,22,23,25). The first-order chi connectivity index (χ1) is 13.0. The van der Waals surface area contributed by atoms with E-state index in [4.69, 9.17) is 4.52 Å². The van der Waals surface area contributed by atoms with Crippen LogP contribution >= 0.6 is 15.9 Å². The van der Waals surface area contributed by atoms with E-state index in [1.54, 1.807) is 23.2 Å². The van der Waals surface area contributed by atoms with Gasteiger partial charge >= 0.3 is 0 Å². The fourth-order valence-corrected chi connectivity index (χ4v) is 4.08. The first-order valence-corrected chi connectivity index (χ1v) is 9.44. The molecule has 0 unspecified atom stereocenters. The van der Waals surface area contributed by atoms with Crippen molar-refractivity contribution >= 4 is 44.7 Å². The van der Waals surface area contributed by atoms with Gasteiger partial charge in [0.05, 0.1) is 11.6 Å². The Hall–Kier alpha value is -2.74. The molecule has 1 spiro atoms. The van der Waals surface area contributed by atoms with Crippen LogP contribution in [0.25, 0.3) is 11.1 Å². The minimum absolute atomic E-state index is 0.00773. The maximum absolute atomic E-state index is 12.9. The Bertz CT molecular complexity index is 1090. The monoisotopic (exact) mass is 426 g/mol. The van der Waals surface area contributed by atoms with E-state index in [0.29, 0.717) is 23.6 Å². The molecule has 1 fully saturated rings. The quantitative estimate of drug-likeness (QED) is 0.694. The van der Waals surface area contributed by atoms with Crippen molar-refractivity contribution < 1.29 is 14.1 Å². The highest BCUT2D eigenvalue weighted by Crippen LogP contribution is 2.52. The average molecular weight is 427 g/mol. The molecule has 3 aromatic rings. The fourth-order valence-electron chi connectivity index (χ4n) is 3.72. The van der Waals surface area contributed by atoms with Crippen molar-refractivity contribution in [1.29, 1.82) is 0 Å². The summed E-state index contributed by atoms with van der Waals surface area (Å²) in [4.78, 5) is 31.2. The summed E-state index contributed by atoms with van der Waals surface area (Å²) in [5.74, 6) is -0.0194. The molecule has 1 aromatic carbocycles. The van der Waals surface area contributed by atoms with Crippen molar-refractivity contribution in [3.8, 4) is 0 Å². The average Bonchev–Trinajstić information content (AvgIpc) is 3.26. The van der Waals surface area contributed by atoms with Gasteiger partial charge in [-0.15, -0.1) is 0 Å². The lowest BCUT2D eigenvalue weighted by molar-refractivity contribution is -0.117. The van der Waals surface area contributed by atoms with Gasteiger partial charge in [0.15, 0.2) is 0 Å². The van der Waals surface area contributed by atoms with Crippen molar-refractivity contribution in [3.63, 3.8) is 0 Å². The Morgan fingerprint density at radius 1 is 1.30 bits per heavy atom. The van der Waals surface area contributed by atoms with E-state index >= 15 is 0 Å². The molecule has 136 valence electrons. The van der Waals surface area contributed by atoms with Gasteiger partial charge in [-0.25, -0.2) is 0 Å². The molecule has 0 saturated heterocycles. The highest BCUT2D eigenvalue weighted by molar-refractivity contribution is 9.10. The summed E-state index contributed by atoms with van der Waals surface area (Å²) in [7, 11) is 0. The lowest BCUT2D eigenvalue weighted by Crippen LogP contribution is -2.46. The number of carbonyl (C=O) groups excluding carboxylic acids is 2. The second-order valence-electron chi connectivity index (χ2n) is 7.10. The Kier molecular flexibility index (Phi) is 3.58. The van der Waals surface area contributed by atoms with Crippen LogP contribution in [0.15, 0.2) is 45.5 Å². The molecule has 1 N–H and O–H groups in total. The number of amides is 2. The van der Waals surface area contributed by atoms with Crippen LogP contribution in [0.1, 0.15) is 28.8 Å². The van der Waals surface area contributed by atoms with Crippen molar-refractivity contribution in [2.45, 2.75) is 18.3 Å². The summed E-state index contributed by atoms with van der Waals surface area (Å²) in [6, 6.07) is 9.20. The third kappa shape index (κ3) is 2.80. The summed E-state index contributed by atoms with van der Waals surface area (Å²) in [6.45, 7) is 0.559. The molecule has 27 heavy (non-hydrogen) atoms. The van der Waals surface area contributed by atoms with Crippen molar-refractivity contribution in [1.82, 2.24) is 15.0 Å². The predicted molar refractivity (Wildman–Crippen MR) is 101 cm³/mol. The number of hydrogen-bond donors (Lipinski definition) is 1. The molecule has 1 aliphatic carbocycles. The first-order valence-electron chi connectivity index (χ1n) is 8.65. The third-order valence-corrected chi connectivity index (χ3v) is 5.73. The summed E-state index contributed by atoms with van der Waals surface area (Å²) >= 11 is 3.49. The molecule has 0 bridgehead atoms. The molecule has 3 heterocycles. The number of nitrogens with zero attached hydrogens (tertiary/aromatic N) is 3. The largest absolute Gasteiger partial charge is 0.336 e. The number of nitrogens with one attached hydrogen (secondary N) is 1. The van der Waals surface area contributed by atoms with Crippen molar-refractivity contribution in [2.75, 3.05) is 18.4 Å². The number of fused-ring (bicyclic) bond motifs is 3. The molecule has 8 heteroatoms. The van der Waals surface area contributed by atoms with Crippen LogP contribution in [0.2, 0.25) is 0 Å². The van der Waals surface area contributed by atoms with Crippen LogP contribution in [0.4, 0.5) is 5.82 Å². The lowest BCUT2D eigenvalue weighted by atomic mass is 9.86. The highest BCUT2D eigenvalue weighted by atomic mass is 79.9. The molecule has 0 radical (unpaired) electrons. The number of halogens is 1. The second-order valence-corrected chi connectivity index (χ2v) is 8.01. The molecule has 2 aromatic heterocycles. The van der Waals surface area contributed by atoms with E-state index in [0.717, 1.165) is 28.3 Å². The molecule has 1 aliphatic heterocycles. The van der Waals surface area contributed by atoms with E-state index in [-0.39, 0.29) is 23.8 Å². The Labute approximate surface area is 162 Å². The predicted octanol–water partition coefficient (Wildman–Crippen LogP) is 3.11. The minimum Gasteiger partial charge on any atom is -0.336 e. The van der Waals surface area contributed by atoms with Gasteiger partial charge in [-0.2, -0.15) is 4.98 Å². The summed E-state index contributed by atoms with van der Waals surface area (Å²) in [6.07, 6.45) is 3.63. The number of aromatic nitrogens is 2. The van der Waals surface area contributed by atoms with Crippen LogP contribution in [0, 0.1) is 0 Å². The maximum Gasteiger partial charge on any atom is 0.259 e. The van der Waals surface area contributed by atoms with Gasteiger partial charge in [-0.05, 0) is 48.7 Å².